The Morgan fingerprint density at radius 1 is 1.41 bits per heavy atom. The third kappa shape index (κ3) is 3.33. The number of carbonyl (C=O) groups excluding carboxylic acids is 1. The third-order valence-electron chi connectivity index (χ3n) is 2.27. The maximum atomic E-state index is 11.6. The number of ketones is 1. The van der Waals surface area contributed by atoms with Gasteiger partial charge in [0.15, 0.2) is 5.58 Å². The van der Waals surface area contributed by atoms with E-state index in [4.69, 9.17) is 4.42 Å². The zero-order chi connectivity index (χ0) is 12.3. The lowest BCUT2D eigenvalue weighted by molar-refractivity contribution is -0.117. The van der Waals surface area contributed by atoms with Gasteiger partial charge in [0.2, 0.25) is 0 Å². The third-order valence-corrected chi connectivity index (χ3v) is 3.15. The number of fused-ring (bicyclic) bond motifs is 1. The van der Waals surface area contributed by atoms with Gasteiger partial charge in [-0.25, -0.2) is 4.98 Å². The number of benzene rings is 1. The molecule has 0 saturated carbocycles. The molecule has 4 heteroatoms. The standard InChI is InChI=1S/C13H15NO2S/c1-9(2)7-10(15)8-17-13-14-11-5-3-4-6-12(11)16-13/h3-6,9H,7-8H2,1-2H3. The number of thioether (sulfide) groups is 1. The second kappa shape index (κ2) is 5.36. The molecule has 0 bridgehead atoms. The molecule has 0 amide bonds. The molecule has 0 radical (unpaired) electrons. The van der Waals surface area contributed by atoms with E-state index < -0.39 is 0 Å². The van der Waals surface area contributed by atoms with Crippen molar-refractivity contribution in [2.75, 3.05) is 5.75 Å². The van der Waals surface area contributed by atoms with E-state index in [1.54, 1.807) is 0 Å². The van der Waals surface area contributed by atoms with Crippen molar-refractivity contribution >= 4 is 28.6 Å². The highest BCUT2D eigenvalue weighted by Crippen LogP contribution is 2.23. The maximum absolute atomic E-state index is 11.6. The van der Waals surface area contributed by atoms with E-state index in [2.05, 4.69) is 4.98 Å². The van der Waals surface area contributed by atoms with Gasteiger partial charge in [-0.05, 0) is 18.1 Å². The average molecular weight is 249 g/mol. The largest absolute Gasteiger partial charge is 0.431 e. The molecule has 90 valence electrons. The molecule has 0 aliphatic rings. The van der Waals surface area contributed by atoms with Crippen LogP contribution in [0.15, 0.2) is 33.9 Å². The first-order valence-corrected chi connectivity index (χ1v) is 6.64. The van der Waals surface area contributed by atoms with Crippen molar-refractivity contribution in [3.63, 3.8) is 0 Å². The summed E-state index contributed by atoms with van der Waals surface area (Å²) in [6.07, 6.45) is 0.618. The first-order valence-electron chi connectivity index (χ1n) is 5.65. The number of nitrogens with zero attached hydrogens (tertiary/aromatic N) is 1. The number of carbonyl (C=O) groups is 1. The van der Waals surface area contributed by atoms with Gasteiger partial charge in [-0.15, -0.1) is 0 Å². The molecule has 3 nitrogen and oxygen atoms in total. The lowest BCUT2D eigenvalue weighted by atomic mass is 10.1. The lowest BCUT2D eigenvalue weighted by Crippen LogP contribution is -2.05. The molecule has 1 heterocycles. The zero-order valence-electron chi connectivity index (χ0n) is 9.97. The maximum Gasteiger partial charge on any atom is 0.257 e. The van der Waals surface area contributed by atoms with Crippen molar-refractivity contribution in [3.8, 4) is 0 Å². The Kier molecular flexibility index (Phi) is 3.84. The van der Waals surface area contributed by atoms with Crippen LogP contribution in [-0.4, -0.2) is 16.5 Å². The molecule has 0 atom stereocenters. The quantitative estimate of drug-likeness (QED) is 0.760. The normalized spacial score (nSPS) is 11.2. The fraction of sp³-hybridized carbons (Fsp3) is 0.385. The highest BCUT2D eigenvalue weighted by molar-refractivity contribution is 7.99. The minimum atomic E-state index is 0.243. The van der Waals surface area contributed by atoms with Gasteiger partial charge in [-0.1, -0.05) is 37.7 Å². The van der Waals surface area contributed by atoms with Crippen molar-refractivity contribution in [3.05, 3.63) is 24.3 Å². The Morgan fingerprint density at radius 3 is 2.88 bits per heavy atom. The Balaban J connectivity index is 1.97. The monoisotopic (exact) mass is 249 g/mol. The Hall–Kier alpha value is -1.29. The zero-order valence-corrected chi connectivity index (χ0v) is 10.8. The van der Waals surface area contributed by atoms with Crippen LogP contribution in [-0.2, 0) is 4.79 Å². The molecule has 0 N–H and O–H groups in total. The molecular weight excluding hydrogens is 234 g/mol. The van der Waals surface area contributed by atoms with Crippen LogP contribution in [0.5, 0.6) is 0 Å². The summed E-state index contributed by atoms with van der Waals surface area (Å²) < 4.78 is 5.52. The van der Waals surface area contributed by atoms with Crippen molar-refractivity contribution in [1.82, 2.24) is 4.98 Å². The van der Waals surface area contributed by atoms with Crippen molar-refractivity contribution in [2.24, 2.45) is 5.92 Å². The Morgan fingerprint density at radius 2 is 2.18 bits per heavy atom. The van der Waals surface area contributed by atoms with Gasteiger partial charge in [0.05, 0.1) is 5.75 Å². The molecule has 0 unspecified atom stereocenters. The smallest absolute Gasteiger partial charge is 0.257 e. The Bertz CT molecular complexity index is 486. The van der Waals surface area contributed by atoms with Crippen LogP contribution in [0.3, 0.4) is 0 Å². The van der Waals surface area contributed by atoms with Crippen molar-refractivity contribution in [2.45, 2.75) is 25.5 Å². The van der Waals surface area contributed by atoms with Gasteiger partial charge in [-0.3, -0.25) is 4.79 Å². The molecule has 1 aromatic heterocycles. The first-order chi connectivity index (χ1) is 8.15. The molecule has 1 aromatic carbocycles. The van der Waals surface area contributed by atoms with E-state index in [0.717, 1.165) is 11.1 Å². The summed E-state index contributed by atoms with van der Waals surface area (Å²) in [6.45, 7) is 4.09. The molecule has 0 fully saturated rings. The van der Waals surface area contributed by atoms with Gasteiger partial charge in [-0.2, -0.15) is 0 Å². The number of oxazole rings is 1. The molecule has 17 heavy (non-hydrogen) atoms. The van der Waals surface area contributed by atoms with E-state index in [9.17, 15) is 4.79 Å². The number of Topliss-reactive ketones (excluding diaryl/α,β-unsaturated/α-hetero) is 1. The van der Waals surface area contributed by atoms with E-state index in [-0.39, 0.29) is 5.78 Å². The highest BCUT2D eigenvalue weighted by Gasteiger charge is 2.10. The highest BCUT2D eigenvalue weighted by atomic mass is 32.2. The molecule has 2 aromatic rings. The summed E-state index contributed by atoms with van der Waals surface area (Å²) >= 11 is 1.37. The first kappa shape index (κ1) is 12.2. The number of hydrogen-bond acceptors (Lipinski definition) is 4. The van der Waals surface area contributed by atoms with Gasteiger partial charge in [0, 0.05) is 6.42 Å². The second-order valence-corrected chi connectivity index (χ2v) is 5.30. The predicted molar refractivity (Wildman–Crippen MR) is 69.2 cm³/mol. The van der Waals surface area contributed by atoms with Gasteiger partial charge in [0.1, 0.15) is 11.3 Å². The van der Waals surface area contributed by atoms with Gasteiger partial charge >= 0.3 is 0 Å². The summed E-state index contributed by atoms with van der Waals surface area (Å²) in [5.41, 5.74) is 1.61. The summed E-state index contributed by atoms with van der Waals surface area (Å²) in [7, 11) is 0. The summed E-state index contributed by atoms with van der Waals surface area (Å²) in [5.74, 6) is 1.09. The molecular formula is C13H15NO2S. The van der Waals surface area contributed by atoms with Crippen molar-refractivity contribution < 1.29 is 9.21 Å². The summed E-state index contributed by atoms with van der Waals surface area (Å²) in [6, 6.07) is 7.61. The van der Waals surface area contributed by atoms with E-state index in [1.165, 1.54) is 11.8 Å². The number of rotatable bonds is 5. The van der Waals surface area contributed by atoms with Crippen LogP contribution in [0.4, 0.5) is 0 Å². The van der Waals surface area contributed by atoms with Crippen LogP contribution in [0.25, 0.3) is 11.1 Å². The topological polar surface area (TPSA) is 43.1 Å². The van der Waals surface area contributed by atoms with Crippen LogP contribution in [0.2, 0.25) is 0 Å². The fourth-order valence-electron chi connectivity index (χ4n) is 1.57. The van der Waals surface area contributed by atoms with Crippen LogP contribution >= 0.6 is 11.8 Å². The number of aromatic nitrogens is 1. The molecule has 0 saturated heterocycles. The average Bonchev–Trinajstić information content (AvgIpc) is 2.68. The summed E-state index contributed by atoms with van der Waals surface area (Å²) in [5, 5.41) is 0.573. The molecule has 0 aliphatic heterocycles. The minimum Gasteiger partial charge on any atom is -0.431 e. The number of para-hydroxylation sites is 2. The molecule has 2 rings (SSSR count). The van der Waals surface area contributed by atoms with Crippen LogP contribution in [0, 0.1) is 5.92 Å². The molecule has 0 spiro atoms. The van der Waals surface area contributed by atoms with E-state index in [0.29, 0.717) is 23.3 Å². The summed E-state index contributed by atoms with van der Waals surface area (Å²) in [4.78, 5) is 15.9. The Labute approximate surface area is 105 Å². The van der Waals surface area contributed by atoms with Crippen LogP contribution in [0.1, 0.15) is 20.3 Å². The van der Waals surface area contributed by atoms with Gasteiger partial charge < -0.3 is 4.42 Å². The SMILES string of the molecule is CC(C)CC(=O)CSc1nc2ccccc2o1. The fourth-order valence-corrected chi connectivity index (χ4v) is 2.28. The van der Waals surface area contributed by atoms with Crippen LogP contribution < -0.4 is 0 Å². The van der Waals surface area contributed by atoms with E-state index >= 15 is 0 Å². The van der Waals surface area contributed by atoms with Gasteiger partial charge in [0.25, 0.3) is 5.22 Å². The second-order valence-electron chi connectivity index (χ2n) is 4.37. The number of hydrogen-bond donors (Lipinski definition) is 0. The predicted octanol–water partition coefficient (Wildman–Crippen LogP) is 3.54. The van der Waals surface area contributed by atoms with E-state index in [1.807, 2.05) is 38.1 Å². The molecule has 0 aliphatic carbocycles. The lowest BCUT2D eigenvalue weighted by Gasteiger charge is -2.01. The van der Waals surface area contributed by atoms with Crippen molar-refractivity contribution in [1.29, 1.82) is 0 Å². The minimum absolute atomic E-state index is 0.243.